The van der Waals surface area contributed by atoms with Gasteiger partial charge in [-0.05, 0) is 49.9 Å². The maximum atomic E-state index is 6.41. The van der Waals surface area contributed by atoms with Crippen molar-refractivity contribution in [2.75, 3.05) is 0 Å². The molecule has 0 unspecified atom stereocenters. The van der Waals surface area contributed by atoms with Crippen molar-refractivity contribution >= 4 is 0 Å². The summed E-state index contributed by atoms with van der Waals surface area (Å²) in [7, 11) is 0. The van der Waals surface area contributed by atoms with Crippen LogP contribution in [0.1, 0.15) is 40.0 Å². The second kappa shape index (κ2) is 2.47. The zero-order valence-corrected chi connectivity index (χ0v) is 8.51. The van der Waals surface area contributed by atoms with Crippen molar-refractivity contribution in [3.63, 3.8) is 0 Å². The molecule has 1 nitrogen and oxygen atoms in total. The summed E-state index contributed by atoms with van der Waals surface area (Å²) >= 11 is 0. The van der Waals surface area contributed by atoms with Gasteiger partial charge < -0.3 is 5.73 Å². The molecule has 0 heterocycles. The molecule has 0 aromatic rings. The van der Waals surface area contributed by atoms with Crippen molar-refractivity contribution < 1.29 is 0 Å². The molecule has 2 N–H and O–H groups in total. The van der Waals surface area contributed by atoms with Gasteiger partial charge in [0.15, 0.2) is 0 Å². The monoisotopic (exact) mass is 167 g/mol. The second-order valence-corrected chi connectivity index (χ2v) is 5.41. The van der Waals surface area contributed by atoms with Crippen LogP contribution in [0, 0.1) is 23.7 Å². The Labute approximate surface area is 75.7 Å². The molecule has 2 aliphatic rings. The highest BCUT2D eigenvalue weighted by Gasteiger charge is 2.53. The normalized spacial score (nSPS) is 52.2. The average molecular weight is 167 g/mol. The summed E-state index contributed by atoms with van der Waals surface area (Å²) in [5.41, 5.74) is 6.56. The fourth-order valence-electron chi connectivity index (χ4n) is 3.95. The first-order chi connectivity index (χ1) is 5.53. The van der Waals surface area contributed by atoms with Crippen LogP contribution < -0.4 is 5.73 Å². The molecule has 70 valence electrons. The molecule has 2 bridgehead atoms. The van der Waals surface area contributed by atoms with E-state index in [4.69, 9.17) is 5.73 Å². The van der Waals surface area contributed by atoms with E-state index in [-0.39, 0.29) is 5.54 Å². The lowest BCUT2D eigenvalue weighted by Gasteiger charge is -2.40. The van der Waals surface area contributed by atoms with Crippen LogP contribution >= 0.6 is 0 Å². The Bertz CT molecular complexity index is 183. The molecule has 0 aromatic carbocycles. The van der Waals surface area contributed by atoms with Gasteiger partial charge in [-0.3, -0.25) is 0 Å². The van der Waals surface area contributed by atoms with Gasteiger partial charge in [0.05, 0.1) is 0 Å². The average Bonchev–Trinajstić information content (AvgIpc) is 2.41. The lowest BCUT2D eigenvalue weighted by molar-refractivity contribution is 0.145. The highest BCUT2D eigenvalue weighted by atomic mass is 14.8. The van der Waals surface area contributed by atoms with E-state index in [1.54, 1.807) is 0 Å². The van der Waals surface area contributed by atoms with Crippen LogP contribution in [0.2, 0.25) is 0 Å². The third kappa shape index (κ3) is 0.953. The van der Waals surface area contributed by atoms with Crippen molar-refractivity contribution in [2.45, 2.75) is 45.6 Å². The summed E-state index contributed by atoms with van der Waals surface area (Å²) in [5.74, 6) is 3.34. The van der Waals surface area contributed by atoms with Crippen LogP contribution in [0.3, 0.4) is 0 Å². The maximum Gasteiger partial charge on any atom is 0.0188 e. The van der Waals surface area contributed by atoms with Gasteiger partial charge in [-0.25, -0.2) is 0 Å². The van der Waals surface area contributed by atoms with Crippen LogP contribution in [0.4, 0.5) is 0 Å². The highest BCUT2D eigenvalue weighted by Crippen LogP contribution is 2.55. The Morgan fingerprint density at radius 3 is 2.33 bits per heavy atom. The molecule has 0 spiro atoms. The van der Waals surface area contributed by atoms with Crippen molar-refractivity contribution in [1.29, 1.82) is 0 Å². The quantitative estimate of drug-likeness (QED) is 0.637. The van der Waals surface area contributed by atoms with Gasteiger partial charge >= 0.3 is 0 Å². The first kappa shape index (κ1) is 8.55. The van der Waals surface area contributed by atoms with Gasteiger partial charge in [-0.15, -0.1) is 0 Å². The molecule has 0 aromatic heterocycles. The third-order valence-corrected chi connectivity index (χ3v) is 4.30. The smallest absolute Gasteiger partial charge is 0.0188 e. The third-order valence-electron chi connectivity index (χ3n) is 4.30. The van der Waals surface area contributed by atoms with Crippen LogP contribution in [0.5, 0.6) is 0 Å². The van der Waals surface area contributed by atoms with Gasteiger partial charge in [-0.2, -0.15) is 0 Å². The molecular weight excluding hydrogens is 146 g/mol. The van der Waals surface area contributed by atoms with E-state index in [1.165, 1.54) is 19.3 Å². The van der Waals surface area contributed by atoms with E-state index in [0.29, 0.717) is 0 Å². The molecule has 4 atom stereocenters. The Kier molecular flexibility index (Phi) is 1.76. The van der Waals surface area contributed by atoms with Gasteiger partial charge in [-0.1, -0.05) is 13.8 Å². The summed E-state index contributed by atoms with van der Waals surface area (Å²) < 4.78 is 0. The summed E-state index contributed by atoms with van der Waals surface area (Å²) in [6.45, 7) is 6.94. The first-order valence-electron chi connectivity index (χ1n) is 5.32. The fourth-order valence-corrected chi connectivity index (χ4v) is 3.95. The molecule has 0 radical (unpaired) electrons. The van der Waals surface area contributed by atoms with Crippen molar-refractivity contribution in [1.82, 2.24) is 0 Å². The van der Waals surface area contributed by atoms with Crippen molar-refractivity contribution in [3.05, 3.63) is 0 Å². The standard InChI is InChI=1S/C11H21N/c1-7(2)10-8-4-5-9(6-8)11(10,3)12/h7-10H,4-6,12H2,1-3H3/t8-,9+,10-,11+/m1/s1. The molecule has 2 rings (SSSR count). The van der Waals surface area contributed by atoms with E-state index < -0.39 is 0 Å². The topological polar surface area (TPSA) is 26.0 Å². The lowest BCUT2D eigenvalue weighted by Crippen LogP contribution is -2.50. The zero-order valence-electron chi connectivity index (χ0n) is 8.51. The molecule has 1 heteroatoms. The Balaban J connectivity index is 2.23. The van der Waals surface area contributed by atoms with Crippen molar-refractivity contribution in [3.8, 4) is 0 Å². The number of nitrogens with two attached hydrogens (primary N) is 1. The Morgan fingerprint density at radius 2 is 2.00 bits per heavy atom. The predicted molar refractivity (Wildman–Crippen MR) is 51.8 cm³/mol. The molecule has 2 aliphatic carbocycles. The van der Waals surface area contributed by atoms with Crippen molar-refractivity contribution in [2.24, 2.45) is 29.4 Å². The van der Waals surface area contributed by atoms with E-state index in [9.17, 15) is 0 Å². The number of hydrogen-bond donors (Lipinski definition) is 1. The number of hydrogen-bond acceptors (Lipinski definition) is 1. The Morgan fingerprint density at radius 1 is 1.33 bits per heavy atom. The summed E-state index contributed by atoms with van der Waals surface area (Å²) in [6, 6.07) is 0. The van der Waals surface area contributed by atoms with Crippen LogP contribution in [0.15, 0.2) is 0 Å². The minimum absolute atomic E-state index is 0.150. The molecule has 0 saturated heterocycles. The molecule has 12 heavy (non-hydrogen) atoms. The second-order valence-electron chi connectivity index (χ2n) is 5.41. The van der Waals surface area contributed by atoms with Crippen LogP contribution in [-0.2, 0) is 0 Å². The summed E-state index contributed by atoms with van der Waals surface area (Å²) in [4.78, 5) is 0. The molecule has 2 fully saturated rings. The van der Waals surface area contributed by atoms with E-state index in [2.05, 4.69) is 20.8 Å². The SMILES string of the molecule is CC(C)[C@@H]1[C@@H]2CC[C@@H](C2)[C@]1(C)N. The zero-order chi connectivity index (χ0) is 8.93. The molecule has 0 amide bonds. The molecule has 2 saturated carbocycles. The van der Waals surface area contributed by atoms with E-state index in [0.717, 1.165) is 23.7 Å². The molecular formula is C11H21N. The highest BCUT2D eigenvalue weighted by molar-refractivity contribution is 5.08. The fraction of sp³-hybridized carbons (Fsp3) is 1.00. The first-order valence-corrected chi connectivity index (χ1v) is 5.32. The summed E-state index contributed by atoms with van der Waals surface area (Å²) in [5, 5.41) is 0. The van der Waals surface area contributed by atoms with E-state index >= 15 is 0 Å². The van der Waals surface area contributed by atoms with Gasteiger partial charge in [0.1, 0.15) is 0 Å². The minimum atomic E-state index is 0.150. The number of rotatable bonds is 1. The van der Waals surface area contributed by atoms with E-state index in [1.807, 2.05) is 0 Å². The van der Waals surface area contributed by atoms with Gasteiger partial charge in [0.25, 0.3) is 0 Å². The minimum Gasteiger partial charge on any atom is -0.325 e. The van der Waals surface area contributed by atoms with Crippen LogP contribution in [-0.4, -0.2) is 5.54 Å². The molecule has 0 aliphatic heterocycles. The summed E-state index contributed by atoms with van der Waals surface area (Å²) in [6.07, 6.45) is 4.25. The van der Waals surface area contributed by atoms with Gasteiger partial charge in [0.2, 0.25) is 0 Å². The lowest BCUT2D eigenvalue weighted by atomic mass is 9.70. The largest absolute Gasteiger partial charge is 0.325 e. The van der Waals surface area contributed by atoms with Gasteiger partial charge in [0, 0.05) is 5.54 Å². The number of fused-ring (bicyclic) bond motifs is 2. The predicted octanol–water partition coefficient (Wildman–Crippen LogP) is 2.41. The maximum absolute atomic E-state index is 6.41. The Hall–Kier alpha value is -0.0400. The van der Waals surface area contributed by atoms with Crippen LogP contribution in [0.25, 0.3) is 0 Å².